The van der Waals surface area contributed by atoms with Gasteiger partial charge in [-0.3, -0.25) is 0 Å². The molecule has 0 fully saturated rings. The van der Waals surface area contributed by atoms with Crippen molar-refractivity contribution in [2.75, 3.05) is 30.4 Å². The van der Waals surface area contributed by atoms with Crippen LogP contribution in [0.5, 0.6) is 0 Å². The molecule has 0 saturated carbocycles. The van der Waals surface area contributed by atoms with E-state index in [4.69, 9.17) is 10.8 Å². The van der Waals surface area contributed by atoms with Crippen molar-refractivity contribution in [3.63, 3.8) is 0 Å². The SMILES string of the molecule is CS(=O)(=O)NCCCNc1cc(C(=O)O)c(N)cn1. The van der Waals surface area contributed by atoms with E-state index in [1.54, 1.807) is 0 Å². The first-order valence-corrected chi connectivity index (χ1v) is 7.36. The lowest BCUT2D eigenvalue weighted by Crippen LogP contribution is -2.24. The van der Waals surface area contributed by atoms with Crippen LogP contribution in [0.15, 0.2) is 12.3 Å². The average Bonchev–Trinajstić information content (AvgIpc) is 2.29. The number of hydrogen-bond donors (Lipinski definition) is 4. The quantitative estimate of drug-likeness (QED) is 0.506. The zero-order chi connectivity index (χ0) is 14.5. The number of nitrogen functional groups attached to an aromatic ring is 1. The van der Waals surface area contributed by atoms with Gasteiger partial charge in [0.2, 0.25) is 10.0 Å². The number of anilines is 2. The van der Waals surface area contributed by atoms with Crippen molar-refractivity contribution in [3.05, 3.63) is 17.8 Å². The van der Waals surface area contributed by atoms with Crippen molar-refractivity contribution in [2.24, 2.45) is 0 Å². The normalized spacial score (nSPS) is 11.2. The molecule has 0 aliphatic rings. The maximum atomic E-state index is 10.8. The van der Waals surface area contributed by atoms with Gasteiger partial charge >= 0.3 is 5.97 Å². The van der Waals surface area contributed by atoms with Gasteiger partial charge in [0.1, 0.15) is 5.82 Å². The van der Waals surface area contributed by atoms with Crippen molar-refractivity contribution >= 4 is 27.5 Å². The van der Waals surface area contributed by atoms with Crippen molar-refractivity contribution in [1.29, 1.82) is 0 Å². The second kappa shape index (κ2) is 6.34. The van der Waals surface area contributed by atoms with Gasteiger partial charge in [-0.1, -0.05) is 0 Å². The summed E-state index contributed by atoms with van der Waals surface area (Å²) < 4.78 is 23.9. The molecule has 106 valence electrons. The average molecular weight is 288 g/mol. The first kappa shape index (κ1) is 15.2. The minimum Gasteiger partial charge on any atom is -0.478 e. The first-order valence-electron chi connectivity index (χ1n) is 5.47. The molecule has 8 nitrogen and oxygen atoms in total. The Kier molecular flexibility index (Phi) is 5.07. The fourth-order valence-electron chi connectivity index (χ4n) is 1.31. The standard InChI is InChI=1S/C10H16N4O4S/c1-19(17,18)14-4-2-3-12-9-5-7(10(15)16)8(11)6-13-9/h5-6,14H,2-4,11H2,1H3,(H,12,13)(H,15,16). The molecule has 9 heteroatoms. The van der Waals surface area contributed by atoms with Crippen LogP contribution in [0, 0.1) is 0 Å². The highest BCUT2D eigenvalue weighted by Gasteiger charge is 2.09. The molecule has 1 aromatic rings. The molecule has 0 atom stereocenters. The summed E-state index contributed by atoms with van der Waals surface area (Å²) in [5.74, 6) is -0.743. The van der Waals surface area contributed by atoms with Gasteiger partial charge in [-0.2, -0.15) is 0 Å². The molecule has 0 saturated heterocycles. The van der Waals surface area contributed by atoms with Gasteiger partial charge in [0.15, 0.2) is 0 Å². The molecule has 5 N–H and O–H groups in total. The summed E-state index contributed by atoms with van der Waals surface area (Å²) >= 11 is 0. The summed E-state index contributed by atoms with van der Waals surface area (Å²) in [7, 11) is -3.18. The Labute approximate surface area is 111 Å². The molecule has 0 unspecified atom stereocenters. The minimum atomic E-state index is -3.18. The summed E-state index contributed by atoms with van der Waals surface area (Å²) in [6, 6.07) is 1.33. The Bertz CT molecular complexity index is 559. The number of carbonyl (C=O) groups is 1. The van der Waals surface area contributed by atoms with E-state index in [2.05, 4.69) is 15.0 Å². The number of hydrogen-bond acceptors (Lipinski definition) is 6. The smallest absolute Gasteiger partial charge is 0.337 e. The van der Waals surface area contributed by atoms with Crippen LogP contribution in [-0.4, -0.2) is 43.8 Å². The van der Waals surface area contributed by atoms with Crippen LogP contribution >= 0.6 is 0 Å². The van der Waals surface area contributed by atoms with Crippen LogP contribution in [0.4, 0.5) is 11.5 Å². The number of carboxylic acids is 1. The predicted molar refractivity (Wildman–Crippen MR) is 71.6 cm³/mol. The highest BCUT2D eigenvalue weighted by atomic mass is 32.2. The summed E-state index contributed by atoms with van der Waals surface area (Å²) in [6.07, 6.45) is 2.89. The molecule has 0 amide bonds. The third-order valence-corrected chi connectivity index (χ3v) is 2.92. The summed E-state index contributed by atoms with van der Waals surface area (Å²) in [4.78, 5) is 14.8. The van der Waals surface area contributed by atoms with Crippen LogP contribution in [0.25, 0.3) is 0 Å². The molecule has 1 heterocycles. The largest absolute Gasteiger partial charge is 0.478 e. The maximum Gasteiger partial charge on any atom is 0.337 e. The number of nitrogens with one attached hydrogen (secondary N) is 2. The fourth-order valence-corrected chi connectivity index (χ4v) is 1.83. The number of pyridine rings is 1. The van der Waals surface area contributed by atoms with Crippen molar-refractivity contribution in [2.45, 2.75) is 6.42 Å². The van der Waals surface area contributed by atoms with Crippen molar-refractivity contribution in [3.8, 4) is 0 Å². The summed E-state index contributed by atoms with van der Waals surface area (Å²) in [5.41, 5.74) is 5.54. The monoisotopic (exact) mass is 288 g/mol. The number of rotatable bonds is 7. The Morgan fingerprint density at radius 2 is 2.16 bits per heavy atom. The number of sulfonamides is 1. The van der Waals surface area contributed by atoms with Crippen molar-refractivity contribution in [1.82, 2.24) is 9.71 Å². The molecule has 0 aromatic carbocycles. The van der Waals surface area contributed by atoms with Gasteiger partial charge in [0, 0.05) is 13.1 Å². The third kappa shape index (κ3) is 5.53. The van der Waals surface area contributed by atoms with Gasteiger partial charge < -0.3 is 16.2 Å². The molecular weight excluding hydrogens is 272 g/mol. The van der Waals surface area contributed by atoms with Gasteiger partial charge in [-0.25, -0.2) is 22.9 Å². The molecule has 0 aliphatic heterocycles. The molecule has 0 bridgehead atoms. The third-order valence-electron chi connectivity index (χ3n) is 2.19. The van der Waals surface area contributed by atoms with Gasteiger partial charge in [-0.15, -0.1) is 0 Å². The summed E-state index contributed by atoms with van der Waals surface area (Å²) in [5, 5.41) is 11.8. The molecular formula is C10H16N4O4S. The van der Waals surface area contributed by atoms with E-state index in [1.807, 2.05) is 0 Å². The van der Waals surface area contributed by atoms with Crippen LogP contribution < -0.4 is 15.8 Å². The Balaban J connectivity index is 2.46. The lowest BCUT2D eigenvalue weighted by Gasteiger charge is -2.07. The highest BCUT2D eigenvalue weighted by Crippen LogP contribution is 2.14. The second-order valence-corrected chi connectivity index (χ2v) is 5.74. The highest BCUT2D eigenvalue weighted by molar-refractivity contribution is 7.88. The zero-order valence-corrected chi connectivity index (χ0v) is 11.2. The van der Waals surface area contributed by atoms with E-state index in [0.29, 0.717) is 25.3 Å². The predicted octanol–water partition coefficient (Wildman–Crippen LogP) is -0.287. The lowest BCUT2D eigenvalue weighted by molar-refractivity contribution is 0.0698. The zero-order valence-electron chi connectivity index (χ0n) is 10.4. The fraction of sp³-hybridized carbons (Fsp3) is 0.400. The number of nitrogens with zero attached hydrogens (tertiary/aromatic N) is 1. The van der Waals surface area contributed by atoms with E-state index in [-0.39, 0.29) is 11.3 Å². The molecule has 0 radical (unpaired) electrons. The van der Waals surface area contributed by atoms with E-state index < -0.39 is 16.0 Å². The maximum absolute atomic E-state index is 10.8. The van der Waals surface area contributed by atoms with E-state index >= 15 is 0 Å². The Hall–Kier alpha value is -1.87. The van der Waals surface area contributed by atoms with Crippen LogP contribution in [0.3, 0.4) is 0 Å². The van der Waals surface area contributed by atoms with Gasteiger partial charge in [0.05, 0.1) is 23.7 Å². The number of aromatic carboxylic acids is 1. The molecule has 0 aliphatic carbocycles. The molecule has 19 heavy (non-hydrogen) atoms. The molecule has 1 aromatic heterocycles. The molecule has 0 spiro atoms. The number of aromatic nitrogens is 1. The minimum absolute atomic E-state index is 0.0215. The summed E-state index contributed by atoms with van der Waals surface area (Å²) in [6.45, 7) is 0.755. The Morgan fingerprint density at radius 1 is 1.47 bits per heavy atom. The second-order valence-electron chi connectivity index (χ2n) is 3.91. The van der Waals surface area contributed by atoms with Crippen LogP contribution in [-0.2, 0) is 10.0 Å². The van der Waals surface area contributed by atoms with E-state index in [9.17, 15) is 13.2 Å². The molecule has 1 rings (SSSR count). The van der Waals surface area contributed by atoms with Gasteiger partial charge in [-0.05, 0) is 12.5 Å². The number of nitrogens with two attached hydrogens (primary N) is 1. The lowest BCUT2D eigenvalue weighted by atomic mass is 10.2. The van der Waals surface area contributed by atoms with Crippen molar-refractivity contribution < 1.29 is 18.3 Å². The van der Waals surface area contributed by atoms with E-state index in [1.165, 1.54) is 12.3 Å². The topological polar surface area (TPSA) is 134 Å². The van der Waals surface area contributed by atoms with E-state index in [0.717, 1.165) is 6.26 Å². The number of carboxylic acid groups (broad SMARTS) is 1. The Morgan fingerprint density at radius 3 is 2.74 bits per heavy atom. The van der Waals surface area contributed by atoms with Crippen LogP contribution in [0.2, 0.25) is 0 Å². The van der Waals surface area contributed by atoms with Crippen LogP contribution in [0.1, 0.15) is 16.8 Å². The first-order chi connectivity index (χ1) is 8.79. The van der Waals surface area contributed by atoms with Gasteiger partial charge in [0.25, 0.3) is 0 Å².